The molecular weight excluding hydrogens is 262 g/mol. The average molecular weight is 277 g/mol. The van der Waals surface area contributed by atoms with Crippen LogP contribution in [-0.2, 0) is 11.3 Å². The van der Waals surface area contributed by atoms with Gasteiger partial charge >= 0.3 is 5.97 Å². The van der Waals surface area contributed by atoms with Gasteiger partial charge in [0.05, 0.1) is 30.6 Å². The lowest BCUT2D eigenvalue weighted by atomic mass is 10.1. The second-order valence-corrected chi connectivity index (χ2v) is 5.30. The number of ether oxygens (including phenoxy) is 1. The summed E-state index contributed by atoms with van der Waals surface area (Å²) in [5.74, 6) is -0.439. The van der Waals surface area contributed by atoms with Crippen LogP contribution in [0.3, 0.4) is 0 Å². The number of rotatable bonds is 4. The highest BCUT2D eigenvalue weighted by Crippen LogP contribution is 2.24. The average Bonchev–Trinajstić information content (AvgIpc) is 2.82. The molecule has 0 bridgehead atoms. The van der Waals surface area contributed by atoms with Crippen LogP contribution in [0.25, 0.3) is 0 Å². The highest BCUT2D eigenvalue weighted by molar-refractivity contribution is 7.11. The molecule has 0 atom stereocenters. The number of nitrogens with zero attached hydrogens (tertiary/aromatic N) is 1. The molecule has 0 unspecified atom stereocenters. The molecule has 0 aliphatic rings. The molecular formula is C13H15N3O2S. The van der Waals surface area contributed by atoms with Gasteiger partial charge in [0.1, 0.15) is 5.01 Å². The summed E-state index contributed by atoms with van der Waals surface area (Å²) < 4.78 is 4.68. The number of aryl methyl sites for hydroxylation is 1. The van der Waals surface area contributed by atoms with Gasteiger partial charge in [-0.05, 0) is 19.1 Å². The summed E-state index contributed by atoms with van der Waals surface area (Å²) in [5.41, 5.74) is 7.41. The number of hydrogen-bond donors (Lipinski definition) is 2. The van der Waals surface area contributed by atoms with E-state index in [1.165, 1.54) is 7.11 Å². The van der Waals surface area contributed by atoms with Gasteiger partial charge in [0.2, 0.25) is 0 Å². The first-order chi connectivity index (χ1) is 9.11. The number of benzene rings is 1. The predicted molar refractivity (Wildman–Crippen MR) is 76.4 cm³/mol. The molecule has 19 heavy (non-hydrogen) atoms. The van der Waals surface area contributed by atoms with Gasteiger partial charge in [-0.25, -0.2) is 9.78 Å². The molecule has 0 fully saturated rings. The van der Waals surface area contributed by atoms with Crippen LogP contribution in [0, 0.1) is 6.92 Å². The number of nitrogens with one attached hydrogen (secondary N) is 1. The lowest BCUT2D eigenvalue weighted by Gasteiger charge is -2.10. The first-order valence-electron chi connectivity index (χ1n) is 5.74. The van der Waals surface area contributed by atoms with Crippen molar-refractivity contribution in [1.29, 1.82) is 0 Å². The lowest BCUT2D eigenvalue weighted by Crippen LogP contribution is -2.09. The van der Waals surface area contributed by atoms with E-state index in [-0.39, 0.29) is 0 Å². The molecule has 5 nitrogen and oxygen atoms in total. The Hall–Kier alpha value is -2.08. The van der Waals surface area contributed by atoms with E-state index in [2.05, 4.69) is 15.0 Å². The molecule has 0 saturated heterocycles. The van der Waals surface area contributed by atoms with Crippen molar-refractivity contribution in [2.45, 2.75) is 13.5 Å². The Labute approximate surface area is 115 Å². The molecule has 0 radical (unpaired) electrons. The molecule has 1 aromatic heterocycles. The van der Waals surface area contributed by atoms with Crippen molar-refractivity contribution in [2.24, 2.45) is 0 Å². The van der Waals surface area contributed by atoms with Gasteiger partial charge in [-0.1, -0.05) is 6.07 Å². The third-order valence-corrected chi connectivity index (χ3v) is 3.52. The number of carbonyl (C=O) groups is 1. The molecule has 0 aliphatic carbocycles. The first kappa shape index (κ1) is 13.4. The zero-order chi connectivity index (χ0) is 13.8. The van der Waals surface area contributed by atoms with E-state index in [9.17, 15) is 4.79 Å². The van der Waals surface area contributed by atoms with Crippen LogP contribution in [0.15, 0.2) is 24.4 Å². The maximum Gasteiger partial charge on any atom is 0.340 e. The number of para-hydroxylation sites is 1. The predicted octanol–water partition coefficient (Wildman–Crippen LogP) is 2.43. The fraction of sp³-hybridized carbons (Fsp3) is 0.231. The summed E-state index contributed by atoms with van der Waals surface area (Å²) in [6, 6.07) is 5.22. The highest BCUT2D eigenvalue weighted by Gasteiger charge is 2.12. The minimum absolute atomic E-state index is 0.364. The maximum absolute atomic E-state index is 11.5. The summed E-state index contributed by atoms with van der Waals surface area (Å²) in [7, 11) is 1.33. The number of thiazole rings is 1. The van der Waals surface area contributed by atoms with Crippen molar-refractivity contribution in [3.05, 3.63) is 39.8 Å². The standard InChI is InChI=1S/C13H15N3O2S/c1-8-6-16-11(19-8)7-15-10-5-3-4-9(12(10)14)13(17)18-2/h3-6,15H,7,14H2,1-2H3. The monoisotopic (exact) mass is 277 g/mol. The van der Waals surface area contributed by atoms with E-state index in [1.54, 1.807) is 23.5 Å². The Bertz CT molecular complexity index is 595. The van der Waals surface area contributed by atoms with Crippen LogP contribution in [0.1, 0.15) is 20.2 Å². The smallest absolute Gasteiger partial charge is 0.340 e. The van der Waals surface area contributed by atoms with Crippen LogP contribution in [-0.4, -0.2) is 18.1 Å². The Morgan fingerprint density at radius 3 is 2.95 bits per heavy atom. The Morgan fingerprint density at radius 1 is 1.53 bits per heavy atom. The van der Waals surface area contributed by atoms with Crippen LogP contribution in [0.5, 0.6) is 0 Å². The molecule has 0 saturated carbocycles. The van der Waals surface area contributed by atoms with Crippen LogP contribution in [0.4, 0.5) is 11.4 Å². The molecule has 0 amide bonds. The second-order valence-electron chi connectivity index (χ2n) is 3.98. The number of carbonyl (C=O) groups excluding carboxylic acids is 1. The zero-order valence-electron chi connectivity index (χ0n) is 10.8. The normalized spacial score (nSPS) is 10.2. The van der Waals surface area contributed by atoms with E-state index in [0.717, 1.165) is 9.88 Å². The number of aromatic nitrogens is 1. The van der Waals surface area contributed by atoms with Gasteiger partial charge in [0.25, 0.3) is 0 Å². The largest absolute Gasteiger partial charge is 0.465 e. The van der Waals surface area contributed by atoms with Gasteiger partial charge in [0.15, 0.2) is 0 Å². The number of methoxy groups -OCH3 is 1. The Morgan fingerprint density at radius 2 is 2.32 bits per heavy atom. The highest BCUT2D eigenvalue weighted by atomic mass is 32.1. The SMILES string of the molecule is COC(=O)c1cccc(NCc2ncc(C)s2)c1N. The molecule has 1 heterocycles. The molecule has 100 valence electrons. The molecule has 1 aromatic carbocycles. The molecule has 6 heteroatoms. The molecule has 0 aliphatic heterocycles. The van der Waals surface area contributed by atoms with Crippen LogP contribution < -0.4 is 11.1 Å². The van der Waals surface area contributed by atoms with Gasteiger partial charge < -0.3 is 15.8 Å². The van der Waals surface area contributed by atoms with E-state index in [0.29, 0.717) is 23.5 Å². The van der Waals surface area contributed by atoms with E-state index in [4.69, 9.17) is 5.73 Å². The minimum Gasteiger partial charge on any atom is -0.465 e. The quantitative estimate of drug-likeness (QED) is 0.663. The number of esters is 1. The van der Waals surface area contributed by atoms with Gasteiger partial charge in [0, 0.05) is 11.1 Å². The van der Waals surface area contributed by atoms with Gasteiger partial charge in [-0.15, -0.1) is 11.3 Å². The Balaban J connectivity index is 2.14. The van der Waals surface area contributed by atoms with Crippen LogP contribution in [0.2, 0.25) is 0 Å². The third-order valence-electron chi connectivity index (χ3n) is 2.61. The summed E-state index contributed by atoms with van der Waals surface area (Å²) in [6.45, 7) is 2.58. The van der Waals surface area contributed by atoms with E-state index < -0.39 is 5.97 Å². The zero-order valence-corrected chi connectivity index (χ0v) is 11.6. The number of anilines is 2. The minimum atomic E-state index is -0.439. The Kier molecular flexibility index (Phi) is 4.01. The van der Waals surface area contributed by atoms with Crippen molar-refractivity contribution in [1.82, 2.24) is 4.98 Å². The van der Waals surface area contributed by atoms with E-state index in [1.807, 2.05) is 19.2 Å². The molecule has 3 N–H and O–H groups in total. The van der Waals surface area contributed by atoms with Crippen molar-refractivity contribution < 1.29 is 9.53 Å². The number of hydrogen-bond acceptors (Lipinski definition) is 6. The van der Waals surface area contributed by atoms with Crippen molar-refractivity contribution >= 4 is 28.7 Å². The number of nitrogen functional groups attached to an aromatic ring is 1. The lowest BCUT2D eigenvalue weighted by molar-refractivity contribution is 0.0602. The molecule has 2 aromatic rings. The van der Waals surface area contributed by atoms with Crippen molar-refractivity contribution in [3.8, 4) is 0 Å². The second kappa shape index (κ2) is 5.71. The van der Waals surface area contributed by atoms with Crippen molar-refractivity contribution in [3.63, 3.8) is 0 Å². The molecule has 0 spiro atoms. The third kappa shape index (κ3) is 3.03. The maximum atomic E-state index is 11.5. The fourth-order valence-electron chi connectivity index (χ4n) is 1.66. The van der Waals surface area contributed by atoms with Gasteiger partial charge in [-0.3, -0.25) is 0 Å². The summed E-state index contributed by atoms with van der Waals surface area (Å²) in [6.07, 6.45) is 1.83. The summed E-state index contributed by atoms with van der Waals surface area (Å²) in [4.78, 5) is 16.9. The number of nitrogens with two attached hydrogens (primary N) is 1. The molecule has 2 rings (SSSR count). The topological polar surface area (TPSA) is 77.2 Å². The fourth-order valence-corrected chi connectivity index (χ4v) is 2.39. The van der Waals surface area contributed by atoms with Crippen LogP contribution >= 0.6 is 11.3 Å². The van der Waals surface area contributed by atoms with E-state index >= 15 is 0 Å². The summed E-state index contributed by atoms with van der Waals surface area (Å²) in [5, 5.41) is 4.15. The van der Waals surface area contributed by atoms with Gasteiger partial charge in [-0.2, -0.15) is 0 Å². The van der Waals surface area contributed by atoms with Crippen molar-refractivity contribution in [2.75, 3.05) is 18.2 Å². The first-order valence-corrected chi connectivity index (χ1v) is 6.55. The summed E-state index contributed by atoms with van der Waals surface area (Å²) >= 11 is 1.62.